The summed E-state index contributed by atoms with van der Waals surface area (Å²) in [6.07, 6.45) is -4.04. The molecule has 0 aliphatic heterocycles. The minimum Gasteiger partial charge on any atom is -0.170 e. The molecule has 2 unspecified atom stereocenters. The SMILES string of the molecule is CC(P)C(F)(F)F. The lowest BCUT2D eigenvalue weighted by Gasteiger charge is -2.07. The van der Waals surface area contributed by atoms with E-state index in [-0.39, 0.29) is 0 Å². The summed E-state index contributed by atoms with van der Waals surface area (Å²) in [5.74, 6) is 0. The fourth-order valence-electron chi connectivity index (χ4n) is 0. The molecule has 0 aromatic rings. The van der Waals surface area contributed by atoms with Gasteiger partial charge in [0.1, 0.15) is 0 Å². The van der Waals surface area contributed by atoms with Crippen molar-refractivity contribution in [2.75, 3.05) is 0 Å². The Hall–Kier alpha value is 0.220. The highest BCUT2D eigenvalue weighted by Gasteiger charge is 2.31. The molecule has 0 N–H and O–H groups in total. The van der Waals surface area contributed by atoms with Gasteiger partial charge in [-0.3, -0.25) is 0 Å². The molecule has 0 aliphatic rings. The Morgan fingerprint density at radius 1 is 1.43 bits per heavy atom. The van der Waals surface area contributed by atoms with E-state index in [4.69, 9.17) is 0 Å². The van der Waals surface area contributed by atoms with Gasteiger partial charge in [-0.05, 0) is 0 Å². The average molecular weight is 130 g/mol. The van der Waals surface area contributed by atoms with Crippen LogP contribution in [-0.2, 0) is 0 Å². The number of hydrogen-bond donors (Lipinski definition) is 0. The Bertz CT molecular complexity index is 55.7. The van der Waals surface area contributed by atoms with E-state index < -0.39 is 11.8 Å². The Balaban J connectivity index is 3.54. The quantitative estimate of drug-likeness (QED) is 0.438. The minimum atomic E-state index is -4.04. The predicted molar refractivity (Wildman–Crippen MR) is 25.2 cm³/mol. The van der Waals surface area contributed by atoms with E-state index in [0.29, 0.717) is 0 Å². The molecule has 0 aliphatic carbocycles. The maximum absolute atomic E-state index is 11.2. The van der Waals surface area contributed by atoms with Gasteiger partial charge in [0.05, 0.1) is 5.66 Å². The van der Waals surface area contributed by atoms with E-state index in [1.165, 1.54) is 0 Å². The number of rotatable bonds is 0. The van der Waals surface area contributed by atoms with Crippen LogP contribution in [0.3, 0.4) is 0 Å². The molecule has 0 radical (unpaired) electrons. The van der Waals surface area contributed by atoms with Crippen LogP contribution >= 0.6 is 9.24 Å². The van der Waals surface area contributed by atoms with Gasteiger partial charge in [-0.2, -0.15) is 13.2 Å². The highest BCUT2D eigenvalue weighted by Crippen LogP contribution is 2.25. The first-order chi connectivity index (χ1) is 2.94. The van der Waals surface area contributed by atoms with Gasteiger partial charge in [0, 0.05) is 0 Å². The summed E-state index contributed by atoms with van der Waals surface area (Å²) in [5.41, 5.74) is -1.28. The van der Waals surface area contributed by atoms with Crippen LogP contribution in [0.1, 0.15) is 6.92 Å². The first-order valence-corrected chi connectivity index (χ1v) is 2.43. The van der Waals surface area contributed by atoms with Gasteiger partial charge in [0.25, 0.3) is 0 Å². The number of hydrogen-bond acceptors (Lipinski definition) is 0. The summed E-state index contributed by atoms with van der Waals surface area (Å²) in [7, 11) is 1.68. The summed E-state index contributed by atoms with van der Waals surface area (Å²) in [6, 6.07) is 0. The van der Waals surface area contributed by atoms with Crippen molar-refractivity contribution in [1.82, 2.24) is 0 Å². The van der Waals surface area contributed by atoms with Crippen LogP contribution in [0.2, 0.25) is 0 Å². The zero-order valence-corrected chi connectivity index (χ0v) is 4.94. The molecule has 0 spiro atoms. The van der Waals surface area contributed by atoms with Crippen LogP contribution < -0.4 is 0 Å². The summed E-state index contributed by atoms with van der Waals surface area (Å²) in [5, 5.41) is 0. The molecule has 0 saturated carbocycles. The molecule has 7 heavy (non-hydrogen) atoms. The van der Waals surface area contributed by atoms with Crippen LogP contribution in [0.4, 0.5) is 13.2 Å². The second-order valence-corrected chi connectivity index (χ2v) is 2.33. The molecule has 0 rings (SSSR count). The Kier molecular flexibility index (Phi) is 2.06. The standard InChI is InChI=1S/C3H6F3P/c1-2(7)3(4,5)6/h2H,7H2,1H3. The normalized spacial score (nSPS) is 16.7. The van der Waals surface area contributed by atoms with Crippen LogP contribution in [0.5, 0.6) is 0 Å². The third-order valence-corrected chi connectivity index (χ3v) is 0.894. The lowest BCUT2D eigenvalue weighted by molar-refractivity contribution is -0.125. The summed E-state index contributed by atoms with van der Waals surface area (Å²) < 4.78 is 33.5. The molecular weight excluding hydrogens is 124 g/mol. The van der Waals surface area contributed by atoms with Gasteiger partial charge >= 0.3 is 6.18 Å². The molecule has 4 heteroatoms. The van der Waals surface area contributed by atoms with Gasteiger partial charge in [-0.1, -0.05) is 6.92 Å². The Morgan fingerprint density at radius 2 is 1.57 bits per heavy atom. The first-order valence-electron chi connectivity index (χ1n) is 1.77. The molecule has 0 saturated heterocycles. The maximum atomic E-state index is 11.2. The van der Waals surface area contributed by atoms with Gasteiger partial charge in [-0.15, -0.1) is 9.24 Å². The maximum Gasteiger partial charge on any atom is 0.394 e. The second kappa shape index (κ2) is 1.99. The van der Waals surface area contributed by atoms with Gasteiger partial charge in [-0.25, -0.2) is 0 Å². The molecule has 2 atom stereocenters. The molecule has 0 fully saturated rings. The zero-order valence-electron chi connectivity index (χ0n) is 3.79. The van der Waals surface area contributed by atoms with Crippen molar-refractivity contribution in [3.8, 4) is 0 Å². The van der Waals surface area contributed by atoms with E-state index in [1.54, 1.807) is 9.24 Å². The van der Waals surface area contributed by atoms with Crippen molar-refractivity contribution in [3.63, 3.8) is 0 Å². The molecule has 0 amide bonds. The third-order valence-electron chi connectivity index (χ3n) is 0.516. The lowest BCUT2D eigenvalue weighted by atomic mass is 10.5. The fourth-order valence-corrected chi connectivity index (χ4v) is 0. The second-order valence-electron chi connectivity index (χ2n) is 1.33. The molecule has 0 aromatic carbocycles. The van der Waals surface area contributed by atoms with Crippen molar-refractivity contribution in [3.05, 3.63) is 0 Å². The number of halogens is 3. The van der Waals surface area contributed by atoms with Gasteiger partial charge in [0.2, 0.25) is 0 Å². The number of alkyl halides is 3. The Morgan fingerprint density at radius 3 is 1.57 bits per heavy atom. The molecular formula is C3H6F3P. The van der Waals surface area contributed by atoms with E-state index in [9.17, 15) is 13.2 Å². The molecule has 0 aromatic heterocycles. The van der Waals surface area contributed by atoms with E-state index >= 15 is 0 Å². The van der Waals surface area contributed by atoms with Crippen molar-refractivity contribution < 1.29 is 13.2 Å². The van der Waals surface area contributed by atoms with E-state index in [0.717, 1.165) is 6.92 Å². The fraction of sp³-hybridized carbons (Fsp3) is 1.00. The molecule has 44 valence electrons. The molecule has 0 nitrogen and oxygen atoms in total. The van der Waals surface area contributed by atoms with Crippen molar-refractivity contribution >= 4 is 9.24 Å². The first kappa shape index (κ1) is 7.22. The van der Waals surface area contributed by atoms with Crippen molar-refractivity contribution in [2.24, 2.45) is 0 Å². The molecule has 0 bridgehead atoms. The van der Waals surface area contributed by atoms with Gasteiger partial charge < -0.3 is 0 Å². The molecule has 0 heterocycles. The van der Waals surface area contributed by atoms with E-state index in [2.05, 4.69) is 0 Å². The topological polar surface area (TPSA) is 0 Å². The van der Waals surface area contributed by atoms with Crippen molar-refractivity contribution in [2.45, 2.75) is 18.8 Å². The summed E-state index contributed by atoms with van der Waals surface area (Å²) in [4.78, 5) is 0. The minimum absolute atomic E-state index is 1.09. The van der Waals surface area contributed by atoms with Gasteiger partial charge in [0.15, 0.2) is 0 Å². The smallest absolute Gasteiger partial charge is 0.170 e. The Labute approximate surface area is 42.3 Å². The summed E-state index contributed by atoms with van der Waals surface area (Å²) in [6.45, 7) is 1.09. The van der Waals surface area contributed by atoms with E-state index in [1.807, 2.05) is 0 Å². The highest BCUT2D eigenvalue weighted by atomic mass is 31.0. The lowest BCUT2D eigenvalue weighted by Crippen LogP contribution is -2.18. The van der Waals surface area contributed by atoms with Crippen LogP contribution in [0.15, 0.2) is 0 Å². The largest absolute Gasteiger partial charge is 0.394 e. The average Bonchev–Trinajstić information content (AvgIpc) is 1.31. The predicted octanol–water partition coefficient (Wildman–Crippen LogP) is 1.81. The van der Waals surface area contributed by atoms with Crippen LogP contribution in [0, 0.1) is 0 Å². The van der Waals surface area contributed by atoms with Crippen molar-refractivity contribution in [1.29, 1.82) is 0 Å². The van der Waals surface area contributed by atoms with Crippen LogP contribution in [0.25, 0.3) is 0 Å². The zero-order chi connectivity index (χ0) is 6.08. The van der Waals surface area contributed by atoms with Crippen LogP contribution in [-0.4, -0.2) is 11.8 Å². The summed E-state index contributed by atoms with van der Waals surface area (Å²) >= 11 is 0. The highest BCUT2D eigenvalue weighted by molar-refractivity contribution is 7.17. The monoisotopic (exact) mass is 130 g/mol. The third kappa shape index (κ3) is 2.86.